The van der Waals surface area contributed by atoms with Crippen LogP contribution in [0.1, 0.15) is 37.8 Å². The van der Waals surface area contributed by atoms with Crippen LogP contribution in [-0.2, 0) is 0 Å². The van der Waals surface area contributed by atoms with E-state index in [4.69, 9.17) is 4.74 Å². The first-order valence-electron chi connectivity index (χ1n) is 7.80. The summed E-state index contributed by atoms with van der Waals surface area (Å²) in [6, 6.07) is 8.83. The summed E-state index contributed by atoms with van der Waals surface area (Å²) in [5.41, 5.74) is 1.34. The quantitative estimate of drug-likeness (QED) is 0.864. The maximum absolute atomic E-state index is 5.23. The third-order valence-corrected chi connectivity index (χ3v) is 4.49. The molecule has 1 heterocycles. The molecular weight excluding hydrogens is 248 g/mol. The molecule has 0 saturated carbocycles. The summed E-state index contributed by atoms with van der Waals surface area (Å²) in [6.45, 7) is 5.90. The molecule has 1 aromatic carbocycles. The van der Waals surface area contributed by atoms with E-state index in [1.807, 2.05) is 12.1 Å². The van der Waals surface area contributed by atoms with Gasteiger partial charge in [-0.1, -0.05) is 25.5 Å². The van der Waals surface area contributed by atoms with Crippen molar-refractivity contribution in [2.75, 3.05) is 33.8 Å². The molecular formula is C17H28N2O. The van der Waals surface area contributed by atoms with Gasteiger partial charge in [0.05, 0.1) is 7.11 Å². The number of likely N-dealkylation sites (N-methyl/N-ethyl adjacent to an activating group) is 1. The second-order valence-electron chi connectivity index (χ2n) is 5.79. The van der Waals surface area contributed by atoms with E-state index in [2.05, 4.69) is 36.3 Å². The maximum Gasteiger partial charge on any atom is 0.118 e. The Kier molecular flexibility index (Phi) is 5.86. The lowest BCUT2D eigenvalue weighted by Crippen LogP contribution is -2.40. The fraction of sp³-hybridized carbons (Fsp3) is 0.647. The normalized spacial score (nSPS) is 21.6. The molecule has 2 atom stereocenters. The van der Waals surface area contributed by atoms with Crippen molar-refractivity contribution in [2.45, 2.75) is 32.2 Å². The Hall–Kier alpha value is -1.06. The van der Waals surface area contributed by atoms with Crippen LogP contribution in [-0.4, -0.2) is 38.7 Å². The molecule has 0 aliphatic carbocycles. The Bertz CT molecular complexity index is 390. The van der Waals surface area contributed by atoms with Crippen molar-refractivity contribution in [3.05, 3.63) is 29.8 Å². The molecule has 3 nitrogen and oxygen atoms in total. The molecule has 0 bridgehead atoms. The van der Waals surface area contributed by atoms with E-state index in [0.717, 1.165) is 18.2 Å². The standard InChI is InChI=1S/C17H28N2O/c1-4-14-6-5-11-19(12-14)13-17(18-2)15-7-9-16(20-3)10-8-15/h7-10,14,17-18H,4-6,11-13H2,1-3H3. The number of ether oxygens (including phenoxy) is 1. The van der Waals surface area contributed by atoms with E-state index in [-0.39, 0.29) is 0 Å². The zero-order chi connectivity index (χ0) is 14.4. The first-order chi connectivity index (χ1) is 9.76. The number of hydrogen-bond acceptors (Lipinski definition) is 3. The second kappa shape index (κ2) is 7.65. The molecule has 20 heavy (non-hydrogen) atoms. The highest BCUT2D eigenvalue weighted by atomic mass is 16.5. The van der Waals surface area contributed by atoms with Crippen molar-refractivity contribution in [3.8, 4) is 5.75 Å². The van der Waals surface area contributed by atoms with Crippen LogP contribution in [0.15, 0.2) is 24.3 Å². The van der Waals surface area contributed by atoms with Gasteiger partial charge in [0.2, 0.25) is 0 Å². The van der Waals surface area contributed by atoms with Crippen LogP contribution < -0.4 is 10.1 Å². The van der Waals surface area contributed by atoms with Gasteiger partial charge >= 0.3 is 0 Å². The number of benzene rings is 1. The third-order valence-electron chi connectivity index (χ3n) is 4.49. The van der Waals surface area contributed by atoms with Crippen molar-refractivity contribution in [1.29, 1.82) is 0 Å². The molecule has 0 aromatic heterocycles. The number of nitrogens with zero attached hydrogens (tertiary/aromatic N) is 1. The second-order valence-corrected chi connectivity index (χ2v) is 5.79. The predicted molar refractivity (Wildman–Crippen MR) is 84.2 cm³/mol. The van der Waals surface area contributed by atoms with E-state index in [9.17, 15) is 0 Å². The fourth-order valence-electron chi connectivity index (χ4n) is 3.11. The van der Waals surface area contributed by atoms with Crippen molar-refractivity contribution < 1.29 is 4.74 Å². The zero-order valence-corrected chi connectivity index (χ0v) is 13.1. The van der Waals surface area contributed by atoms with Crippen LogP contribution in [0.3, 0.4) is 0 Å². The van der Waals surface area contributed by atoms with Crippen LogP contribution in [0.25, 0.3) is 0 Å². The highest BCUT2D eigenvalue weighted by molar-refractivity contribution is 5.29. The SMILES string of the molecule is CCC1CCCN(CC(NC)c2ccc(OC)cc2)C1. The van der Waals surface area contributed by atoms with Gasteiger partial charge in [-0.2, -0.15) is 0 Å². The molecule has 0 amide bonds. The molecule has 1 saturated heterocycles. The number of rotatable bonds is 6. The molecule has 2 rings (SSSR count). The van der Waals surface area contributed by atoms with E-state index in [0.29, 0.717) is 6.04 Å². The first kappa shape index (κ1) is 15.3. The van der Waals surface area contributed by atoms with Crippen LogP contribution >= 0.6 is 0 Å². The topological polar surface area (TPSA) is 24.5 Å². The Balaban J connectivity index is 1.97. The third kappa shape index (κ3) is 3.97. The largest absolute Gasteiger partial charge is 0.497 e. The molecule has 1 aliphatic heterocycles. The minimum absolute atomic E-state index is 0.400. The molecule has 1 N–H and O–H groups in total. The summed E-state index contributed by atoms with van der Waals surface area (Å²) in [5.74, 6) is 1.81. The summed E-state index contributed by atoms with van der Waals surface area (Å²) >= 11 is 0. The van der Waals surface area contributed by atoms with Gasteiger partial charge in [0.1, 0.15) is 5.75 Å². The van der Waals surface area contributed by atoms with E-state index in [1.165, 1.54) is 37.9 Å². The van der Waals surface area contributed by atoms with Crippen LogP contribution in [0.4, 0.5) is 0 Å². The van der Waals surface area contributed by atoms with Crippen molar-refractivity contribution >= 4 is 0 Å². The lowest BCUT2D eigenvalue weighted by atomic mass is 9.95. The fourth-order valence-corrected chi connectivity index (χ4v) is 3.11. The summed E-state index contributed by atoms with van der Waals surface area (Å²) < 4.78 is 5.23. The highest BCUT2D eigenvalue weighted by Gasteiger charge is 2.21. The maximum atomic E-state index is 5.23. The Morgan fingerprint density at radius 2 is 2.10 bits per heavy atom. The molecule has 1 aromatic rings. The minimum Gasteiger partial charge on any atom is -0.497 e. The van der Waals surface area contributed by atoms with E-state index >= 15 is 0 Å². The van der Waals surface area contributed by atoms with Crippen LogP contribution in [0.2, 0.25) is 0 Å². The summed E-state index contributed by atoms with van der Waals surface area (Å²) in [5, 5.41) is 3.45. The van der Waals surface area contributed by atoms with Crippen LogP contribution in [0, 0.1) is 5.92 Å². The number of likely N-dealkylation sites (tertiary alicyclic amines) is 1. The van der Waals surface area contributed by atoms with E-state index < -0.39 is 0 Å². The van der Waals surface area contributed by atoms with Crippen molar-refractivity contribution in [3.63, 3.8) is 0 Å². The number of piperidine rings is 1. The minimum atomic E-state index is 0.400. The Morgan fingerprint density at radius 3 is 2.70 bits per heavy atom. The van der Waals surface area contributed by atoms with Crippen molar-refractivity contribution in [1.82, 2.24) is 10.2 Å². The summed E-state index contributed by atoms with van der Waals surface area (Å²) in [7, 11) is 3.76. The molecule has 0 spiro atoms. The first-order valence-corrected chi connectivity index (χ1v) is 7.80. The summed E-state index contributed by atoms with van der Waals surface area (Å²) in [6.07, 6.45) is 4.06. The van der Waals surface area contributed by atoms with Gasteiger partial charge in [0.15, 0.2) is 0 Å². The molecule has 3 heteroatoms. The summed E-state index contributed by atoms with van der Waals surface area (Å²) in [4.78, 5) is 2.61. The lowest BCUT2D eigenvalue weighted by molar-refractivity contribution is 0.158. The number of nitrogens with one attached hydrogen (secondary N) is 1. The number of methoxy groups -OCH3 is 1. The molecule has 2 unspecified atom stereocenters. The number of hydrogen-bond donors (Lipinski definition) is 1. The molecule has 112 valence electrons. The Labute approximate surface area is 123 Å². The van der Waals surface area contributed by atoms with Gasteiger partial charge in [-0.05, 0) is 50.0 Å². The lowest BCUT2D eigenvalue weighted by Gasteiger charge is -2.34. The zero-order valence-electron chi connectivity index (χ0n) is 13.1. The van der Waals surface area contributed by atoms with Gasteiger partial charge < -0.3 is 15.0 Å². The van der Waals surface area contributed by atoms with Crippen molar-refractivity contribution in [2.24, 2.45) is 5.92 Å². The monoisotopic (exact) mass is 276 g/mol. The Morgan fingerprint density at radius 1 is 1.35 bits per heavy atom. The van der Waals surface area contributed by atoms with Gasteiger partial charge in [-0.15, -0.1) is 0 Å². The van der Waals surface area contributed by atoms with Crippen LogP contribution in [0.5, 0.6) is 5.75 Å². The molecule has 1 fully saturated rings. The van der Waals surface area contributed by atoms with Gasteiger partial charge in [-0.25, -0.2) is 0 Å². The average molecular weight is 276 g/mol. The average Bonchev–Trinajstić information content (AvgIpc) is 2.53. The smallest absolute Gasteiger partial charge is 0.118 e. The van der Waals surface area contributed by atoms with Gasteiger partial charge in [0, 0.05) is 19.1 Å². The van der Waals surface area contributed by atoms with Gasteiger partial charge in [-0.3, -0.25) is 0 Å². The predicted octanol–water partition coefficient (Wildman–Crippen LogP) is 3.08. The molecule has 1 aliphatic rings. The van der Waals surface area contributed by atoms with Gasteiger partial charge in [0.25, 0.3) is 0 Å². The molecule has 0 radical (unpaired) electrons. The van der Waals surface area contributed by atoms with E-state index in [1.54, 1.807) is 7.11 Å². The highest BCUT2D eigenvalue weighted by Crippen LogP contribution is 2.23.